The number of aryl methyl sites for hydroxylation is 1. The minimum absolute atomic E-state index is 0.0503. The summed E-state index contributed by atoms with van der Waals surface area (Å²) >= 11 is 0. The third kappa shape index (κ3) is 4.40. The molecule has 1 saturated carbocycles. The third-order valence-electron chi connectivity index (χ3n) is 5.18. The Morgan fingerprint density at radius 3 is 2.25 bits per heavy atom. The highest BCUT2D eigenvalue weighted by atomic mass is 32.2. The van der Waals surface area contributed by atoms with Crippen LogP contribution in [0, 0.1) is 6.92 Å². The smallest absolute Gasteiger partial charge is 0.297 e. The van der Waals surface area contributed by atoms with Crippen molar-refractivity contribution >= 4 is 18.4 Å². The van der Waals surface area contributed by atoms with Crippen molar-refractivity contribution in [1.82, 2.24) is 0 Å². The summed E-state index contributed by atoms with van der Waals surface area (Å²) in [5.41, 5.74) is 0.944. The number of benzene rings is 1. The Morgan fingerprint density at radius 2 is 1.71 bits per heavy atom. The van der Waals surface area contributed by atoms with Crippen LogP contribution in [0.1, 0.15) is 52.0 Å². The maximum absolute atomic E-state index is 12.5. The van der Waals surface area contributed by atoms with Gasteiger partial charge in [-0.15, -0.1) is 0 Å². The second-order valence-electron chi connectivity index (χ2n) is 8.25. The van der Waals surface area contributed by atoms with Crippen LogP contribution in [0.4, 0.5) is 0 Å². The lowest BCUT2D eigenvalue weighted by Gasteiger charge is -2.37. The Balaban J connectivity index is 2.28. The van der Waals surface area contributed by atoms with E-state index < -0.39 is 18.4 Å². The Hall–Kier alpha value is -0.853. The highest BCUT2D eigenvalue weighted by molar-refractivity contribution is 7.86. The van der Waals surface area contributed by atoms with E-state index in [9.17, 15) is 8.42 Å². The Morgan fingerprint density at radius 1 is 1.12 bits per heavy atom. The van der Waals surface area contributed by atoms with Gasteiger partial charge >= 0.3 is 0 Å². The van der Waals surface area contributed by atoms with Gasteiger partial charge in [-0.05, 0) is 49.5 Å². The Bertz CT molecular complexity index is 683. The van der Waals surface area contributed by atoms with Crippen LogP contribution in [0.2, 0.25) is 18.1 Å². The topological polar surface area (TPSA) is 52.6 Å². The van der Waals surface area contributed by atoms with Crippen LogP contribution in [0.15, 0.2) is 23.1 Å². The van der Waals surface area contributed by atoms with Gasteiger partial charge in [0.2, 0.25) is 8.32 Å². The van der Waals surface area contributed by atoms with Gasteiger partial charge in [-0.25, -0.2) is 0 Å². The van der Waals surface area contributed by atoms with Crippen molar-refractivity contribution in [1.29, 1.82) is 0 Å². The molecule has 1 aliphatic carbocycles. The second-order valence-corrected chi connectivity index (χ2v) is 14.5. The molecule has 0 atom stereocenters. The van der Waals surface area contributed by atoms with Crippen molar-refractivity contribution in [3.63, 3.8) is 0 Å². The predicted octanol–water partition coefficient (Wildman–Crippen LogP) is 5.03. The fourth-order valence-electron chi connectivity index (χ4n) is 2.49. The average Bonchev–Trinajstić information content (AvgIpc) is 2.91. The van der Waals surface area contributed by atoms with E-state index in [2.05, 4.69) is 33.9 Å². The molecular formula is C18H30O4SSi. The van der Waals surface area contributed by atoms with E-state index >= 15 is 0 Å². The van der Waals surface area contributed by atoms with Crippen molar-refractivity contribution < 1.29 is 17.0 Å². The summed E-state index contributed by atoms with van der Waals surface area (Å²) in [7, 11) is -5.77. The lowest BCUT2D eigenvalue weighted by Crippen LogP contribution is -2.44. The van der Waals surface area contributed by atoms with Crippen LogP contribution in [-0.2, 0) is 14.3 Å². The molecule has 0 heterocycles. The van der Waals surface area contributed by atoms with Crippen LogP contribution < -0.4 is 4.43 Å². The molecule has 0 amide bonds. The molecule has 1 aromatic rings. The summed E-state index contributed by atoms with van der Waals surface area (Å²) in [5, 5.41) is 0.0503. The van der Waals surface area contributed by atoms with Gasteiger partial charge in [0.25, 0.3) is 10.1 Å². The van der Waals surface area contributed by atoms with Gasteiger partial charge in [-0.2, -0.15) is 8.42 Å². The monoisotopic (exact) mass is 370 g/mol. The van der Waals surface area contributed by atoms with E-state index in [-0.39, 0.29) is 16.0 Å². The van der Waals surface area contributed by atoms with Crippen LogP contribution in [0.25, 0.3) is 0 Å². The summed E-state index contributed by atoms with van der Waals surface area (Å²) in [6.07, 6.45) is 3.53. The molecule has 2 rings (SSSR count). The minimum atomic E-state index is -3.74. The van der Waals surface area contributed by atoms with Crippen molar-refractivity contribution in [2.24, 2.45) is 0 Å². The second kappa shape index (κ2) is 6.81. The van der Waals surface area contributed by atoms with E-state index in [0.29, 0.717) is 5.75 Å². The molecule has 0 spiro atoms. The summed E-state index contributed by atoms with van der Waals surface area (Å²) < 4.78 is 36.8. The number of hydrogen-bond acceptors (Lipinski definition) is 4. The average molecular weight is 371 g/mol. The van der Waals surface area contributed by atoms with Gasteiger partial charge in [0.1, 0.15) is 5.75 Å². The van der Waals surface area contributed by atoms with Gasteiger partial charge < -0.3 is 4.43 Å². The van der Waals surface area contributed by atoms with Crippen LogP contribution in [-0.4, -0.2) is 22.8 Å². The molecule has 1 fully saturated rings. The molecule has 0 aliphatic heterocycles. The quantitative estimate of drug-likeness (QED) is 0.539. The lowest BCUT2D eigenvalue weighted by atomic mass is 10.2. The van der Waals surface area contributed by atoms with E-state index in [0.717, 1.165) is 31.2 Å². The largest absolute Gasteiger partial charge is 0.543 e. The standard InChI is InChI=1S/C18H30O4SSi/c1-14-11-12-16(23(19,20)21-15-9-7-8-10-15)13-17(14)22-24(5,6)18(2,3)4/h11-13,15H,7-10H2,1-6H3. The maximum Gasteiger partial charge on any atom is 0.297 e. The molecule has 1 aliphatic rings. The van der Waals surface area contributed by atoms with E-state index in [1.165, 1.54) is 0 Å². The highest BCUT2D eigenvalue weighted by Crippen LogP contribution is 2.38. The first-order valence-electron chi connectivity index (χ1n) is 8.65. The van der Waals surface area contributed by atoms with Gasteiger partial charge in [-0.3, -0.25) is 4.18 Å². The van der Waals surface area contributed by atoms with E-state index in [1.54, 1.807) is 18.2 Å². The molecule has 6 heteroatoms. The SMILES string of the molecule is Cc1ccc(S(=O)(=O)OC2CCCC2)cc1O[Si](C)(C)C(C)(C)C. The van der Waals surface area contributed by atoms with Gasteiger partial charge in [0, 0.05) is 6.07 Å². The van der Waals surface area contributed by atoms with Crippen molar-refractivity contribution in [3.05, 3.63) is 23.8 Å². The van der Waals surface area contributed by atoms with Gasteiger partial charge in [0.05, 0.1) is 11.0 Å². The molecule has 4 nitrogen and oxygen atoms in total. The third-order valence-corrected chi connectivity index (χ3v) is 10.9. The first-order chi connectivity index (χ1) is 10.9. The zero-order chi connectivity index (χ0) is 18.2. The molecule has 136 valence electrons. The summed E-state index contributed by atoms with van der Waals surface area (Å²) in [6, 6.07) is 5.03. The minimum Gasteiger partial charge on any atom is -0.543 e. The molecule has 0 aromatic heterocycles. The maximum atomic E-state index is 12.5. The molecule has 0 bridgehead atoms. The zero-order valence-corrected chi connectivity index (χ0v) is 17.5. The molecule has 0 saturated heterocycles. The van der Waals surface area contributed by atoms with Crippen LogP contribution >= 0.6 is 0 Å². The molecule has 0 unspecified atom stereocenters. The highest BCUT2D eigenvalue weighted by Gasteiger charge is 2.39. The number of hydrogen-bond donors (Lipinski definition) is 0. The molecule has 1 aromatic carbocycles. The van der Waals surface area contributed by atoms with Crippen molar-refractivity contribution in [3.8, 4) is 5.75 Å². The van der Waals surface area contributed by atoms with E-state index in [1.807, 2.05) is 6.92 Å². The normalized spacial score (nSPS) is 17.2. The molecular weight excluding hydrogens is 340 g/mol. The summed E-state index contributed by atoms with van der Waals surface area (Å²) in [4.78, 5) is 0.189. The summed E-state index contributed by atoms with van der Waals surface area (Å²) in [5.74, 6) is 0.651. The van der Waals surface area contributed by atoms with Crippen LogP contribution in [0.5, 0.6) is 5.75 Å². The van der Waals surface area contributed by atoms with E-state index in [4.69, 9.17) is 8.61 Å². The molecule has 0 N–H and O–H groups in total. The van der Waals surface area contributed by atoms with Crippen LogP contribution in [0.3, 0.4) is 0 Å². The first kappa shape index (κ1) is 19.5. The van der Waals surface area contributed by atoms with Gasteiger partial charge in [-0.1, -0.05) is 39.7 Å². The lowest BCUT2D eigenvalue weighted by molar-refractivity contribution is 0.217. The Kier molecular flexibility index (Phi) is 5.52. The first-order valence-corrected chi connectivity index (χ1v) is 13.0. The fourth-order valence-corrected chi connectivity index (χ4v) is 4.72. The van der Waals surface area contributed by atoms with Crippen molar-refractivity contribution in [2.45, 2.75) is 82.5 Å². The summed E-state index contributed by atoms with van der Waals surface area (Å²) in [6.45, 7) is 12.7. The zero-order valence-electron chi connectivity index (χ0n) is 15.7. The molecule has 24 heavy (non-hydrogen) atoms. The molecule has 0 radical (unpaired) electrons. The number of rotatable bonds is 5. The van der Waals surface area contributed by atoms with Gasteiger partial charge in [0.15, 0.2) is 0 Å². The Labute approximate surface area is 147 Å². The predicted molar refractivity (Wildman–Crippen MR) is 99.5 cm³/mol. The van der Waals surface area contributed by atoms with Crippen molar-refractivity contribution in [2.75, 3.05) is 0 Å². The fraction of sp³-hybridized carbons (Fsp3) is 0.667.